The molecule has 0 saturated heterocycles. The molecule has 4 heteroatoms. The molecule has 2 aliphatic rings. The average Bonchev–Trinajstić information content (AvgIpc) is 2.79. The molecule has 0 N–H and O–H groups in total. The Morgan fingerprint density at radius 2 is 2.12 bits per heavy atom. The second-order valence-corrected chi connectivity index (χ2v) is 11.3. The third-order valence-electron chi connectivity index (χ3n) is 5.58. The predicted octanol–water partition coefficient (Wildman–Crippen LogP) is 5.84. The van der Waals surface area contributed by atoms with E-state index in [1.807, 2.05) is 20.8 Å². The molecule has 1 spiro atoms. The van der Waals surface area contributed by atoms with Crippen LogP contribution in [0, 0.1) is 11.3 Å². The molecule has 2 nitrogen and oxygen atoms in total. The van der Waals surface area contributed by atoms with Crippen LogP contribution in [0.25, 0.3) is 0 Å². The van der Waals surface area contributed by atoms with Crippen LogP contribution in [0.15, 0.2) is 27.1 Å². The molecule has 1 aromatic rings. The van der Waals surface area contributed by atoms with E-state index in [9.17, 15) is 4.21 Å². The standard InChI is InChI=1S/C20H28BrNOS/c1-5-14-7-6-10-20(12-14)13-15-8-9-16(21)11-17(15)18(20)22-24(23)19(2,3)4/h8-9,11,14H,5-7,10,12-13H2,1-4H3. The average molecular weight is 410 g/mol. The number of rotatable bonds is 2. The Morgan fingerprint density at radius 1 is 1.38 bits per heavy atom. The van der Waals surface area contributed by atoms with Gasteiger partial charge < -0.3 is 0 Å². The zero-order valence-electron chi connectivity index (χ0n) is 15.2. The summed E-state index contributed by atoms with van der Waals surface area (Å²) in [7, 11) is -1.21. The molecule has 0 aromatic heterocycles. The van der Waals surface area contributed by atoms with E-state index in [1.54, 1.807) is 0 Å². The van der Waals surface area contributed by atoms with Crippen LogP contribution in [0.5, 0.6) is 0 Å². The summed E-state index contributed by atoms with van der Waals surface area (Å²) in [4.78, 5) is 0. The summed E-state index contributed by atoms with van der Waals surface area (Å²) in [6, 6.07) is 6.52. The van der Waals surface area contributed by atoms with Crippen molar-refractivity contribution in [1.82, 2.24) is 0 Å². The Labute approximate surface area is 157 Å². The highest BCUT2D eigenvalue weighted by molar-refractivity contribution is 9.10. The van der Waals surface area contributed by atoms with Gasteiger partial charge in [-0.05, 0) is 63.6 Å². The second kappa shape index (κ2) is 6.68. The highest BCUT2D eigenvalue weighted by Crippen LogP contribution is 2.50. The Balaban J connectivity index is 2.09. The minimum absolute atomic E-state index is 0.100. The Hall–Kier alpha value is -0.480. The maximum atomic E-state index is 12.8. The van der Waals surface area contributed by atoms with Gasteiger partial charge in [0.1, 0.15) is 11.0 Å². The predicted molar refractivity (Wildman–Crippen MR) is 107 cm³/mol. The van der Waals surface area contributed by atoms with E-state index in [4.69, 9.17) is 4.40 Å². The van der Waals surface area contributed by atoms with Gasteiger partial charge in [-0.25, -0.2) is 4.21 Å². The summed E-state index contributed by atoms with van der Waals surface area (Å²) >= 11 is 3.61. The fourth-order valence-electron chi connectivity index (χ4n) is 4.23. The van der Waals surface area contributed by atoms with Gasteiger partial charge in [-0.1, -0.05) is 48.2 Å². The molecule has 3 atom stereocenters. The van der Waals surface area contributed by atoms with Gasteiger partial charge in [0.05, 0.1) is 10.5 Å². The number of halogens is 1. The Morgan fingerprint density at radius 3 is 2.79 bits per heavy atom. The van der Waals surface area contributed by atoms with Crippen LogP contribution in [0.2, 0.25) is 0 Å². The largest absolute Gasteiger partial charge is 0.234 e. The van der Waals surface area contributed by atoms with Crippen molar-refractivity contribution in [2.24, 2.45) is 15.7 Å². The van der Waals surface area contributed by atoms with Crippen molar-refractivity contribution in [2.75, 3.05) is 0 Å². The van der Waals surface area contributed by atoms with E-state index in [2.05, 4.69) is 41.1 Å². The van der Waals surface area contributed by atoms with Crippen molar-refractivity contribution in [3.8, 4) is 0 Å². The van der Waals surface area contributed by atoms with Crippen LogP contribution in [0.4, 0.5) is 0 Å². The monoisotopic (exact) mass is 409 g/mol. The van der Waals surface area contributed by atoms with E-state index in [0.717, 1.165) is 22.5 Å². The summed E-state index contributed by atoms with van der Waals surface area (Å²) in [6.45, 7) is 8.32. The van der Waals surface area contributed by atoms with Crippen molar-refractivity contribution < 1.29 is 4.21 Å². The first-order chi connectivity index (χ1) is 11.2. The van der Waals surface area contributed by atoms with Crippen LogP contribution >= 0.6 is 15.9 Å². The van der Waals surface area contributed by atoms with E-state index in [1.165, 1.54) is 43.2 Å². The Kier molecular flexibility index (Phi) is 5.10. The van der Waals surface area contributed by atoms with Crippen molar-refractivity contribution >= 4 is 32.6 Å². The van der Waals surface area contributed by atoms with Gasteiger partial charge >= 0.3 is 0 Å². The molecule has 0 heterocycles. The number of fused-ring (bicyclic) bond motifs is 1. The highest BCUT2D eigenvalue weighted by Gasteiger charge is 2.46. The normalized spacial score (nSPS) is 29.9. The van der Waals surface area contributed by atoms with E-state index in [0.29, 0.717) is 0 Å². The lowest BCUT2D eigenvalue weighted by Crippen LogP contribution is -2.35. The van der Waals surface area contributed by atoms with Crippen molar-refractivity contribution in [3.05, 3.63) is 33.8 Å². The van der Waals surface area contributed by atoms with Gasteiger partial charge in [0, 0.05) is 15.5 Å². The van der Waals surface area contributed by atoms with Crippen LogP contribution in [-0.4, -0.2) is 14.7 Å². The van der Waals surface area contributed by atoms with Gasteiger partial charge in [0.15, 0.2) is 0 Å². The molecule has 1 saturated carbocycles. The lowest BCUT2D eigenvalue weighted by atomic mass is 9.66. The van der Waals surface area contributed by atoms with Crippen molar-refractivity contribution in [2.45, 2.75) is 71.0 Å². The zero-order chi connectivity index (χ0) is 17.5. The number of hydrogen-bond acceptors (Lipinski definition) is 1. The molecule has 3 unspecified atom stereocenters. The van der Waals surface area contributed by atoms with Crippen LogP contribution < -0.4 is 0 Å². The quantitative estimate of drug-likeness (QED) is 0.602. The van der Waals surface area contributed by atoms with Crippen LogP contribution in [0.1, 0.15) is 70.9 Å². The maximum absolute atomic E-state index is 12.8. The lowest BCUT2D eigenvalue weighted by Gasteiger charge is -2.38. The molecule has 1 aromatic carbocycles. The van der Waals surface area contributed by atoms with E-state index < -0.39 is 11.0 Å². The van der Waals surface area contributed by atoms with Gasteiger partial charge in [0.25, 0.3) is 0 Å². The molecular weight excluding hydrogens is 382 g/mol. The molecule has 1 fully saturated rings. The first-order valence-corrected chi connectivity index (χ1v) is 10.9. The minimum Gasteiger partial charge on any atom is -0.234 e. The number of hydrogen-bond donors (Lipinski definition) is 0. The third kappa shape index (κ3) is 3.41. The molecule has 132 valence electrons. The summed E-state index contributed by atoms with van der Waals surface area (Å²) in [6.07, 6.45) is 7.25. The first kappa shape index (κ1) is 18.3. The topological polar surface area (TPSA) is 29.4 Å². The van der Waals surface area contributed by atoms with Crippen LogP contribution in [0.3, 0.4) is 0 Å². The van der Waals surface area contributed by atoms with E-state index in [-0.39, 0.29) is 10.2 Å². The number of nitrogens with zero attached hydrogens (tertiary/aromatic N) is 1. The highest BCUT2D eigenvalue weighted by atomic mass is 79.9. The number of benzene rings is 1. The molecule has 24 heavy (non-hydrogen) atoms. The summed E-state index contributed by atoms with van der Waals surface area (Å²) < 4.78 is 18.4. The lowest BCUT2D eigenvalue weighted by molar-refractivity contribution is 0.212. The second-order valence-electron chi connectivity index (χ2n) is 8.43. The van der Waals surface area contributed by atoms with Gasteiger partial charge in [-0.15, -0.1) is 0 Å². The van der Waals surface area contributed by atoms with Crippen molar-refractivity contribution in [1.29, 1.82) is 0 Å². The van der Waals surface area contributed by atoms with Gasteiger partial charge in [-0.2, -0.15) is 4.40 Å². The summed E-state index contributed by atoms with van der Waals surface area (Å²) in [5, 5.41) is 0. The molecular formula is C20H28BrNOS. The molecule has 2 aliphatic carbocycles. The van der Waals surface area contributed by atoms with Gasteiger partial charge in [0.2, 0.25) is 0 Å². The Bertz CT molecular complexity index is 691. The smallest absolute Gasteiger partial charge is 0.145 e. The molecule has 0 bridgehead atoms. The SMILES string of the molecule is CCC1CCCC2(Cc3ccc(Br)cc3C2=NS(=O)C(C)(C)C)C1. The molecule has 0 aliphatic heterocycles. The third-order valence-corrected chi connectivity index (χ3v) is 7.47. The summed E-state index contributed by atoms with van der Waals surface area (Å²) in [5.74, 6) is 0.768. The molecule has 0 amide bonds. The van der Waals surface area contributed by atoms with Crippen molar-refractivity contribution in [3.63, 3.8) is 0 Å². The van der Waals surface area contributed by atoms with Gasteiger partial charge in [-0.3, -0.25) is 0 Å². The fraction of sp³-hybridized carbons (Fsp3) is 0.650. The molecule has 0 radical (unpaired) electrons. The van der Waals surface area contributed by atoms with Crippen LogP contribution in [-0.2, 0) is 17.4 Å². The first-order valence-electron chi connectivity index (χ1n) is 9.05. The maximum Gasteiger partial charge on any atom is 0.145 e. The summed E-state index contributed by atoms with van der Waals surface area (Å²) in [5.41, 5.74) is 3.81. The van der Waals surface area contributed by atoms with E-state index >= 15 is 0 Å². The molecule has 3 rings (SSSR count). The minimum atomic E-state index is -1.21. The fourth-order valence-corrected chi connectivity index (χ4v) is 5.33. The zero-order valence-corrected chi connectivity index (χ0v) is 17.6.